The number of hydrogen-bond acceptors (Lipinski definition) is 5. The van der Waals surface area contributed by atoms with Crippen LogP contribution in [0.3, 0.4) is 0 Å². The van der Waals surface area contributed by atoms with E-state index in [1.54, 1.807) is 13.2 Å². The Morgan fingerprint density at radius 1 is 1.36 bits per heavy atom. The first kappa shape index (κ1) is 17.7. The number of hydrogen-bond donors (Lipinski definition) is 1. The third kappa shape index (κ3) is 3.92. The van der Waals surface area contributed by atoms with Crippen LogP contribution in [0.5, 0.6) is 5.75 Å². The van der Waals surface area contributed by atoms with Crippen LogP contribution in [-0.2, 0) is 9.53 Å². The molecule has 1 N–H and O–H groups in total. The van der Waals surface area contributed by atoms with Gasteiger partial charge in [0.1, 0.15) is 11.4 Å². The van der Waals surface area contributed by atoms with E-state index >= 15 is 0 Å². The summed E-state index contributed by atoms with van der Waals surface area (Å²) < 4.78 is 5.11. The number of aromatic hydroxyl groups is 1. The Balaban J connectivity index is 1.70. The number of ether oxygens (including phenoxy) is 1. The van der Waals surface area contributed by atoms with Crippen LogP contribution in [0.4, 0.5) is 0 Å². The van der Waals surface area contributed by atoms with Crippen molar-refractivity contribution < 1.29 is 19.4 Å². The molecule has 0 aliphatic carbocycles. The van der Waals surface area contributed by atoms with Crippen molar-refractivity contribution in [2.24, 2.45) is 5.41 Å². The van der Waals surface area contributed by atoms with Crippen molar-refractivity contribution in [1.29, 1.82) is 0 Å². The number of piperidine rings is 2. The first-order valence-corrected chi connectivity index (χ1v) is 8.74. The van der Waals surface area contributed by atoms with Gasteiger partial charge in [-0.05, 0) is 31.4 Å². The van der Waals surface area contributed by atoms with Crippen molar-refractivity contribution in [2.75, 3.05) is 39.9 Å². The van der Waals surface area contributed by atoms with Crippen LogP contribution in [0.15, 0.2) is 18.3 Å². The van der Waals surface area contributed by atoms with Crippen molar-refractivity contribution in [3.8, 4) is 5.75 Å². The molecule has 1 spiro atoms. The van der Waals surface area contributed by atoms with E-state index in [-0.39, 0.29) is 23.0 Å². The molecule has 7 heteroatoms. The Morgan fingerprint density at radius 3 is 2.92 bits per heavy atom. The maximum Gasteiger partial charge on any atom is 0.272 e. The second kappa shape index (κ2) is 7.39. The highest BCUT2D eigenvalue weighted by molar-refractivity contribution is 5.92. The average molecular weight is 347 g/mol. The smallest absolute Gasteiger partial charge is 0.272 e. The second-order valence-corrected chi connectivity index (χ2v) is 7.04. The molecule has 2 aliphatic heterocycles. The SMILES string of the molecule is COCCN1CC2(CCCN(C(=O)c3ccc(O)cn3)C2)CCC1=O. The third-order valence-electron chi connectivity index (χ3n) is 5.23. The standard InChI is InChI=1S/C18H25N3O4/c1-25-10-9-20-12-18(7-5-16(20)23)6-2-8-21(13-18)17(24)15-4-3-14(22)11-19-15/h3-4,11,22H,2,5-10,12-13H2,1H3. The van der Waals surface area contributed by atoms with Crippen LogP contribution in [0, 0.1) is 5.41 Å². The van der Waals surface area contributed by atoms with Crippen LogP contribution in [0.25, 0.3) is 0 Å². The van der Waals surface area contributed by atoms with Crippen molar-refractivity contribution in [2.45, 2.75) is 25.7 Å². The van der Waals surface area contributed by atoms with Gasteiger partial charge in [0, 0.05) is 45.1 Å². The molecule has 0 saturated carbocycles. The maximum absolute atomic E-state index is 12.7. The van der Waals surface area contributed by atoms with E-state index in [1.807, 2.05) is 9.80 Å². The molecule has 2 saturated heterocycles. The summed E-state index contributed by atoms with van der Waals surface area (Å²) in [5.74, 6) is 0.108. The highest BCUT2D eigenvalue weighted by Crippen LogP contribution is 2.39. The second-order valence-electron chi connectivity index (χ2n) is 7.04. The molecule has 0 aromatic carbocycles. The Labute approximate surface area is 147 Å². The average Bonchev–Trinajstić information content (AvgIpc) is 2.63. The largest absolute Gasteiger partial charge is 0.506 e. The van der Waals surface area contributed by atoms with Gasteiger partial charge in [0.2, 0.25) is 5.91 Å². The van der Waals surface area contributed by atoms with Gasteiger partial charge in [0.15, 0.2) is 0 Å². The zero-order valence-corrected chi connectivity index (χ0v) is 14.6. The number of nitrogens with zero attached hydrogens (tertiary/aromatic N) is 3. The third-order valence-corrected chi connectivity index (χ3v) is 5.23. The van der Waals surface area contributed by atoms with Crippen molar-refractivity contribution in [1.82, 2.24) is 14.8 Å². The monoisotopic (exact) mass is 347 g/mol. The summed E-state index contributed by atoms with van der Waals surface area (Å²) in [6.45, 7) is 3.16. The summed E-state index contributed by atoms with van der Waals surface area (Å²) in [6.07, 6.45) is 4.59. The lowest BCUT2D eigenvalue weighted by Crippen LogP contribution is -2.55. The molecule has 136 valence electrons. The van der Waals surface area contributed by atoms with Gasteiger partial charge in [-0.2, -0.15) is 0 Å². The minimum absolute atomic E-state index is 0.0352. The summed E-state index contributed by atoms with van der Waals surface area (Å²) in [4.78, 5) is 32.6. The predicted molar refractivity (Wildman–Crippen MR) is 91.2 cm³/mol. The minimum Gasteiger partial charge on any atom is -0.506 e. The number of rotatable bonds is 4. The quantitative estimate of drug-likeness (QED) is 0.887. The number of aromatic nitrogens is 1. The molecule has 2 fully saturated rings. The van der Waals surface area contributed by atoms with E-state index in [9.17, 15) is 14.7 Å². The van der Waals surface area contributed by atoms with Gasteiger partial charge < -0.3 is 19.6 Å². The topological polar surface area (TPSA) is 83.0 Å². The molecule has 1 atom stereocenters. The number of carbonyl (C=O) groups excluding carboxylic acids is 2. The Bertz CT molecular complexity index is 634. The fourth-order valence-corrected chi connectivity index (χ4v) is 3.90. The molecule has 1 aromatic heterocycles. The summed E-state index contributed by atoms with van der Waals surface area (Å²) in [6, 6.07) is 3.03. The molecule has 3 heterocycles. The van der Waals surface area contributed by atoms with E-state index in [1.165, 1.54) is 12.3 Å². The Morgan fingerprint density at radius 2 is 2.20 bits per heavy atom. The van der Waals surface area contributed by atoms with E-state index in [4.69, 9.17) is 4.74 Å². The minimum atomic E-state index is -0.112. The normalized spacial score (nSPS) is 24.0. The molecular weight excluding hydrogens is 322 g/mol. The molecule has 3 rings (SSSR count). The van der Waals surface area contributed by atoms with Crippen molar-refractivity contribution in [3.63, 3.8) is 0 Å². The number of amides is 2. The Hall–Kier alpha value is -2.15. The van der Waals surface area contributed by atoms with Gasteiger partial charge in [-0.3, -0.25) is 9.59 Å². The molecule has 0 bridgehead atoms. The van der Waals surface area contributed by atoms with Crippen LogP contribution in [-0.4, -0.2) is 71.6 Å². The van der Waals surface area contributed by atoms with E-state index in [0.29, 0.717) is 44.9 Å². The highest BCUT2D eigenvalue weighted by atomic mass is 16.5. The van der Waals surface area contributed by atoms with Crippen molar-refractivity contribution in [3.05, 3.63) is 24.0 Å². The number of likely N-dealkylation sites (tertiary alicyclic amines) is 2. The fourth-order valence-electron chi connectivity index (χ4n) is 3.90. The Kier molecular flexibility index (Phi) is 5.22. The summed E-state index contributed by atoms with van der Waals surface area (Å²) in [5.41, 5.74) is 0.310. The van der Waals surface area contributed by atoms with Crippen LogP contribution >= 0.6 is 0 Å². The van der Waals surface area contributed by atoms with Crippen LogP contribution in [0.1, 0.15) is 36.2 Å². The molecule has 25 heavy (non-hydrogen) atoms. The van der Waals surface area contributed by atoms with Gasteiger partial charge in [0.05, 0.1) is 12.8 Å². The maximum atomic E-state index is 12.7. The molecule has 1 unspecified atom stereocenters. The highest BCUT2D eigenvalue weighted by Gasteiger charge is 2.42. The van der Waals surface area contributed by atoms with E-state index in [0.717, 1.165) is 19.3 Å². The lowest BCUT2D eigenvalue weighted by Gasteiger charge is -2.48. The first-order valence-electron chi connectivity index (χ1n) is 8.74. The number of carbonyl (C=O) groups is 2. The zero-order valence-electron chi connectivity index (χ0n) is 14.6. The lowest BCUT2D eigenvalue weighted by atomic mass is 9.73. The summed E-state index contributed by atoms with van der Waals surface area (Å²) >= 11 is 0. The van der Waals surface area contributed by atoms with Gasteiger partial charge in [-0.1, -0.05) is 0 Å². The first-order chi connectivity index (χ1) is 12.0. The van der Waals surface area contributed by atoms with Gasteiger partial charge in [-0.25, -0.2) is 4.98 Å². The summed E-state index contributed by atoms with van der Waals surface area (Å²) in [7, 11) is 1.63. The molecule has 2 aliphatic rings. The molecular formula is C18H25N3O4. The van der Waals surface area contributed by atoms with Gasteiger partial charge in [-0.15, -0.1) is 0 Å². The zero-order chi connectivity index (χ0) is 17.9. The molecule has 7 nitrogen and oxygen atoms in total. The van der Waals surface area contributed by atoms with E-state index in [2.05, 4.69) is 4.98 Å². The number of pyridine rings is 1. The molecule has 1 aromatic rings. The predicted octanol–water partition coefficient (Wildman–Crippen LogP) is 1.28. The summed E-state index contributed by atoms with van der Waals surface area (Å²) in [5, 5.41) is 9.34. The lowest BCUT2D eigenvalue weighted by molar-refractivity contribution is -0.139. The van der Waals surface area contributed by atoms with E-state index < -0.39 is 0 Å². The van der Waals surface area contributed by atoms with Gasteiger partial charge in [0.25, 0.3) is 5.91 Å². The van der Waals surface area contributed by atoms with Crippen molar-refractivity contribution >= 4 is 11.8 Å². The molecule has 2 amide bonds. The van der Waals surface area contributed by atoms with Crippen LogP contribution in [0.2, 0.25) is 0 Å². The number of methoxy groups -OCH3 is 1. The van der Waals surface area contributed by atoms with Crippen LogP contribution < -0.4 is 0 Å². The molecule has 0 radical (unpaired) electrons. The van der Waals surface area contributed by atoms with Gasteiger partial charge >= 0.3 is 0 Å². The fraction of sp³-hybridized carbons (Fsp3) is 0.611.